The van der Waals surface area contributed by atoms with Gasteiger partial charge in [0.1, 0.15) is 12.0 Å². The maximum Gasteiger partial charge on any atom is 0.151 e. The molecule has 2 heterocycles. The molecule has 1 aromatic rings. The minimum atomic E-state index is 0.745. The van der Waals surface area contributed by atoms with Crippen LogP contribution in [-0.2, 0) is 4.74 Å². The van der Waals surface area contributed by atoms with Crippen LogP contribution in [0, 0.1) is 0 Å². The molecule has 1 aliphatic rings. The third-order valence-corrected chi connectivity index (χ3v) is 1.42. The van der Waals surface area contributed by atoms with Crippen molar-refractivity contribution in [2.75, 3.05) is 0 Å². The van der Waals surface area contributed by atoms with Crippen molar-refractivity contribution in [3.8, 4) is 0 Å². The molecular formula is C8H7NO2. The molecule has 3 heteroatoms. The Morgan fingerprint density at radius 3 is 3.09 bits per heavy atom. The second-order valence-corrected chi connectivity index (χ2v) is 2.18. The highest BCUT2D eigenvalue weighted by molar-refractivity contribution is 5.56. The average molecular weight is 149 g/mol. The van der Waals surface area contributed by atoms with Crippen LogP contribution in [0.2, 0.25) is 0 Å². The zero-order chi connectivity index (χ0) is 7.52. The van der Waals surface area contributed by atoms with Gasteiger partial charge in [-0.2, -0.15) is 0 Å². The third kappa shape index (κ3) is 1.17. The SMILES string of the molecule is C1=COC(c2ccon2)=CC1. The van der Waals surface area contributed by atoms with E-state index < -0.39 is 0 Å². The van der Waals surface area contributed by atoms with Gasteiger partial charge in [0.05, 0.1) is 6.26 Å². The van der Waals surface area contributed by atoms with Gasteiger partial charge >= 0.3 is 0 Å². The van der Waals surface area contributed by atoms with Crippen molar-refractivity contribution in [3.05, 3.63) is 36.4 Å². The summed E-state index contributed by atoms with van der Waals surface area (Å²) >= 11 is 0. The Bertz CT molecular complexity index is 285. The molecule has 11 heavy (non-hydrogen) atoms. The Kier molecular flexibility index (Phi) is 1.48. The zero-order valence-corrected chi connectivity index (χ0v) is 5.86. The average Bonchev–Trinajstić information content (AvgIpc) is 2.58. The van der Waals surface area contributed by atoms with Gasteiger partial charge in [0.25, 0.3) is 0 Å². The third-order valence-electron chi connectivity index (χ3n) is 1.42. The standard InChI is InChI=1S/C8H7NO2/c1-2-5-10-8(3-1)7-4-6-11-9-7/h2-6H,1H2. The topological polar surface area (TPSA) is 35.3 Å². The van der Waals surface area contributed by atoms with Gasteiger partial charge in [-0.05, 0) is 18.6 Å². The number of ether oxygens (including phenoxy) is 1. The second-order valence-electron chi connectivity index (χ2n) is 2.18. The molecule has 3 nitrogen and oxygen atoms in total. The van der Waals surface area contributed by atoms with E-state index in [1.54, 1.807) is 12.3 Å². The number of hydrogen-bond donors (Lipinski definition) is 0. The van der Waals surface area contributed by atoms with Gasteiger partial charge < -0.3 is 9.26 Å². The van der Waals surface area contributed by atoms with E-state index in [4.69, 9.17) is 4.74 Å². The number of aromatic nitrogens is 1. The van der Waals surface area contributed by atoms with Gasteiger partial charge in [-0.3, -0.25) is 0 Å². The highest BCUT2D eigenvalue weighted by atomic mass is 16.5. The van der Waals surface area contributed by atoms with E-state index >= 15 is 0 Å². The van der Waals surface area contributed by atoms with E-state index in [1.165, 1.54) is 6.26 Å². The van der Waals surface area contributed by atoms with Crippen LogP contribution in [0.15, 0.2) is 35.3 Å². The van der Waals surface area contributed by atoms with E-state index in [-0.39, 0.29) is 0 Å². The van der Waals surface area contributed by atoms with E-state index in [0.29, 0.717) is 0 Å². The predicted molar refractivity (Wildman–Crippen MR) is 39.3 cm³/mol. The summed E-state index contributed by atoms with van der Waals surface area (Å²) in [5.74, 6) is 0.765. The van der Waals surface area contributed by atoms with E-state index in [1.807, 2.05) is 12.2 Å². The molecule has 56 valence electrons. The van der Waals surface area contributed by atoms with Crippen LogP contribution in [0.5, 0.6) is 0 Å². The van der Waals surface area contributed by atoms with E-state index in [0.717, 1.165) is 17.9 Å². The molecule has 0 aliphatic carbocycles. The summed E-state index contributed by atoms with van der Waals surface area (Å²) in [6.45, 7) is 0. The molecule has 0 unspecified atom stereocenters. The van der Waals surface area contributed by atoms with Crippen molar-refractivity contribution in [1.29, 1.82) is 0 Å². The van der Waals surface area contributed by atoms with Crippen molar-refractivity contribution in [2.45, 2.75) is 6.42 Å². The highest BCUT2D eigenvalue weighted by Gasteiger charge is 2.05. The van der Waals surface area contributed by atoms with Crippen LogP contribution in [0.25, 0.3) is 5.76 Å². The number of nitrogens with zero attached hydrogens (tertiary/aromatic N) is 1. The van der Waals surface area contributed by atoms with Crippen LogP contribution in [0.1, 0.15) is 12.1 Å². The molecule has 2 rings (SSSR count). The highest BCUT2D eigenvalue weighted by Crippen LogP contribution is 2.17. The van der Waals surface area contributed by atoms with Crippen LogP contribution in [0.3, 0.4) is 0 Å². The maximum absolute atomic E-state index is 5.18. The van der Waals surface area contributed by atoms with Crippen molar-refractivity contribution >= 4 is 5.76 Å². The van der Waals surface area contributed by atoms with Gasteiger partial charge in [0, 0.05) is 6.07 Å². The molecule has 0 atom stereocenters. The van der Waals surface area contributed by atoms with Gasteiger partial charge in [-0.25, -0.2) is 0 Å². The summed E-state index contributed by atoms with van der Waals surface area (Å²) in [4.78, 5) is 0. The Hall–Kier alpha value is -1.51. The van der Waals surface area contributed by atoms with Crippen LogP contribution < -0.4 is 0 Å². The predicted octanol–water partition coefficient (Wildman–Crippen LogP) is 1.95. The zero-order valence-electron chi connectivity index (χ0n) is 5.86. The normalized spacial score (nSPS) is 15.8. The lowest BCUT2D eigenvalue weighted by Gasteiger charge is -2.04. The monoisotopic (exact) mass is 149 g/mol. The molecule has 0 saturated heterocycles. The Labute approximate surface area is 63.9 Å². The van der Waals surface area contributed by atoms with Crippen molar-refractivity contribution < 1.29 is 9.26 Å². The fourth-order valence-electron chi connectivity index (χ4n) is 0.905. The lowest BCUT2D eigenvalue weighted by atomic mass is 10.2. The first-order valence-corrected chi connectivity index (χ1v) is 3.39. The molecule has 0 spiro atoms. The first-order valence-electron chi connectivity index (χ1n) is 3.39. The molecule has 1 aromatic heterocycles. The van der Waals surface area contributed by atoms with Gasteiger partial charge in [-0.1, -0.05) is 5.16 Å². The summed E-state index contributed by atoms with van der Waals surface area (Å²) in [5, 5.41) is 3.74. The molecule has 0 bridgehead atoms. The lowest BCUT2D eigenvalue weighted by Crippen LogP contribution is -1.89. The van der Waals surface area contributed by atoms with Gasteiger partial charge in [0.15, 0.2) is 5.76 Å². The molecule has 0 amide bonds. The van der Waals surface area contributed by atoms with Crippen LogP contribution in [-0.4, -0.2) is 5.16 Å². The molecule has 0 fully saturated rings. The molecule has 0 saturated carbocycles. The maximum atomic E-state index is 5.18. The summed E-state index contributed by atoms with van der Waals surface area (Å²) in [7, 11) is 0. The van der Waals surface area contributed by atoms with Crippen molar-refractivity contribution in [1.82, 2.24) is 5.16 Å². The number of allylic oxidation sites excluding steroid dienone is 2. The van der Waals surface area contributed by atoms with E-state index in [2.05, 4.69) is 9.68 Å². The molecule has 0 radical (unpaired) electrons. The molecular weight excluding hydrogens is 142 g/mol. The second kappa shape index (κ2) is 2.62. The van der Waals surface area contributed by atoms with Crippen molar-refractivity contribution in [2.24, 2.45) is 0 Å². The Morgan fingerprint density at radius 2 is 2.45 bits per heavy atom. The minimum Gasteiger partial charge on any atom is -0.463 e. The summed E-state index contributed by atoms with van der Waals surface area (Å²) in [6, 6.07) is 1.77. The van der Waals surface area contributed by atoms with Crippen LogP contribution in [0.4, 0.5) is 0 Å². The quantitative estimate of drug-likeness (QED) is 0.612. The summed E-state index contributed by atoms with van der Waals surface area (Å²) < 4.78 is 9.85. The van der Waals surface area contributed by atoms with Crippen molar-refractivity contribution in [3.63, 3.8) is 0 Å². The van der Waals surface area contributed by atoms with E-state index in [9.17, 15) is 0 Å². The number of hydrogen-bond acceptors (Lipinski definition) is 3. The largest absolute Gasteiger partial charge is 0.463 e. The minimum absolute atomic E-state index is 0.745. The first-order chi connectivity index (χ1) is 5.47. The molecule has 1 aliphatic heterocycles. The Balaban J connectivity index is 2.24. The summed E-state index contributed by atoms with van der Waals surface area (Å²) in [6.07, 6.45) is 7.96. The summed E-state index contributed by atoms with van der Waals surface area (Å²) in [5.41, 5.74) is 0.745. The van der Waals surface area contributed by atoms with Gasteiger partial charge in [0.2, 0.25) is 0 Å². The lowest BCUT2D eigenvalue weighted by molar-refractivity contribution is 0.394. The molecule has 0 N–H and O–H groups in total. The fourth-order valence-corrected chi connectivity index (χ4v) is 0.905. The molecule has 0 aromatic carbocycles. The van der Waals surface area contributed by atoms with Crippen LogP contribution >= 0.6 is 0 Å². The fraction of sp³-hybridized carbons (Fsp3) is 0.125. The Morgan fingerprint density at radius 1 is 1.45 bits per heavy atom. The number of rotatable bonds is 1. The first kappa shape index (κ1) is 6.22. The van der Waals surface area contributed by atoms with Gasteiger partial charge in [-0.15, -0.1) is 0 Å². The smallest absolute Gasteiger partial charge is 0.151 e.